The molecule has 0 amide bonds. The van der Waals surface area contributed by atoms with Crippen LogP contribution in [0.3, 0.4) is 0 Å². The fourth-order valence-corrected chi connectivity index (χ4v) is 1.60. The Bertz CT molecular complexity index is 152. The molecule has 0 aromatic heterocycles. The number of carbonyl (C=O) groups excluding carboxylic acids is 2. The quantitative estimate of drug-likeness (QED) is 0.448. The molecule has 2 heteroatoms. The van der Waals surface area contributed by atoms with Crippen molar-refractivity contribution in [2.45, 2.75) is 38.5 Å². The summed E-state index contributed by atoms with van der Waals surface area (Å²) < 4.78 is 0. The highest BCUT2D eigenvalue weighted by Gasteiger charge is 2.19. The Labute approximate surface area is 67.0 Å². The van der Waals surface area contributed by atoms with E-state index in [0.717, 1.165) is 32.0 Å². The van der Waals surface area contributed by atoms with Gasteiger partial charge in [0.15, 0.2) is 0 Å². The molecule has 1 aliphatic rings. The number of Topliss-reactive ketones (excluding diaryl/α,β-unsaturated/α-hetero) is 1. The van der Waals surface area contributed by atoms with Crippen LogP contribution in [0.4, 0.5) is 0 Å². The van der Waals surface area contributed by atoms with Gasteiger partial charge in [0.05, 0.1) is 0 Å². The average Bonchev–Trinajstić information content (AvgIpc) is 2.18. The van der Waals surface area contributed by atoms with E-state index in [1.54, 1.807) is 0 Å². The molecule has 0 aromatic rings. The lowest BCUT2D eigenvalue weighted by molar-refractivity contribution is -0.124. The molecule has 1 saturated carbocycles. The lowest BCUT2D eigenvalue weighted by Gasteiger charge is -2.06. The maximum absolute atomic E-state index is 11.2. The number of rotatable bonds is 2. The van der Waals surface area contributed by atoms with E-state index in [1.807, 2.05) is 0 Å². The molecule has 1 atom stereocenters. The Morgan fingerprint density at radius 2 is 2.18 bits per heavy atom. The standard InChI is InChI=1S/C9H14O2/c10-7-6-8-4-2-1-3-5-9(8)11/h7-8H,1-6H2. The van der Waals surface area contributed by atoms with Crippen LogP contribution in [0.5, 0.6) is 0 Å². The van der Waals surface area contributed by atoms with E-state index in [2.05, 4.69) is 0 Å². The first-order valence-corrected chi connectivity index (χ1v) is 4.31. The fourth-order valence-electron chi connectivity index (χ4n) is 1.60. The molecule has 0 heterocycles. The van der Waals surface area contributed by atoms with Gasteiger partial charge in [0, 0.05) is 18.8 Å². The third kappa shape index (κ3) is 2.45. The number of carbonyl (C=O) groups is 2. The fraction of sp³-hybridized carbons (Fsp3) is 0.778. The lowest BCUT2D eigenvalue weighted by atomic mass is 9.96. The van der Waals surface area contributed by atoms with E-state index in [-0.39, 0.29) is 5.92 Å². The number of hydrogen-bond acceptors (Lipinski definition) is 2. The second kappa shape index (κ2) is 4.27. The minimum absolute atomic E-state index is 0.0509. The Morgan fingerprint density at radius 3 is 2.91 bits per heavy atom. The van der Waals surface area contributed by atoms with E-state index in [0.29, 0.717) is 18.6 Å². The van der Waals surface area contributed by atoms with Gasteiger partial charge >= 0.3 is 0 Å². The van der Waals surface area contributed by atoms with Crippen molar-refractivity contribution in [1.29, 1.82) is 0 Å². The minimum Gasteiger partial charge on any atom is -0.303 e. The molecule has 1 fully saturated rings. The maximum Gasteiger partial charge on any atom is 0.136 e. The van der Waals surface area contributed by atoms with Gasteiger partial charge in [-0.25, -0.2) is 0 Å². The van der Waals surface area contributed by atoms with Crippen molar-refractivity contribution in [3.63, 3.8) is 0 Å². The molecule has 11 heavy (non-hydrogen) atoms. The highest BCUT2D eigenvalue weighted by molar-refractivity contribution is 5.83. The second-order valence-corrected chi connectivity index (χ2v) is 3.16. The van der Waals surface area contributed by atoms with Crippen molar-refractivity contribution in [2.24, 2.45) is 5.92 Å². The first kappa shape index (κ1) is 8.44. The molecular weight excluding hydrogens is 140 g/mol. The van der Waals surface area contributed by atoms with Gasteiger partial charge in [-0.1, -0.05) is 12.8 Å². The number of hydrogen-bond donors (Lipinski definition) is 0. The minimum atomic E-state index is 0.0509. The molecule has 0 radical (unpaired) electrons. The van der Waals surface area contributed by atoms with Crippen LogP contribution in [0.25, 0.3) is 0 Å². The first-order valence-electron chi connectivity index (χ1n) is 4.31. The zero-order valence-corrected chi connectivity index (χ0v) is 6.71. The van der Waals surface area contributed by atoms with Crippen LogP contribution >= 0.6 is 0 Å². The van der Waals surface area contributed by atoms with Crippen molar-refractivity contribution in [1.82, 2.24) is 0 Å². The Balaban J connectivity index is 2.45. The lowest BCUT2D eigenvalue weighted by Crippen LogP contribution is -2.12. The summed E-state index contributed by atoms with van der Waals surface area (Å²) in [5.41, 5.74) is 0. The second-order valence-electron chi connectivity index (χ2n) is 3.16. The van der Waals surface area contributed by atoms with Gasteiger partial charge in [0.2, 0.25) is 0 Å². The number of aldehydes is 1. The van der Waals surface area contributed by atoms with Gasteiger partial charge in [-0.15, -0.1) is 0 Å². The molecule has 1 rings (SSSR count). The van der Waals surface area contributed by atoms with Crippen LogP contribution in [0, 0.1) is 5.92 Å². The van der Waals surface area contributed by atoms with Gasteiger partial charge in [-0.05, 0) is 12.8 Å². The average molecular weight is 154 g/mol. The van der Waals surface area contributed by atoms with Gasteiger partial charge in [0.25, 0.3) is 0 Å². The summed E-state index contributed by atoms with van der Waals surface area (Å²) in [5, 5.41) is 0. The topological polar surface area (TPSA) is 34.1 Å². The van der Waals surface area contributed by atoms with Gasteiger partial charge < -0.3 is 4.79 Å². The molecule has 0 saturated heterocycles. The molecular formula is C9H14O2. The van der Waals surface area contributed by atoms with Crippen molar-refractivity contribution in [3.05, 3.63) is 0 Å². The molecule has 1 unspecified atom stereocenters. The van der Waals surface area contributed by atoms with E-state index >= 15 is 0 Å². The van der Waals surface area contributed by atoms with Crippen LogP contribution in [0.1, 0.15) is 38.5 Å². The third-order valence-corrected chi connectivity index (χ3v) is 2.31. The molecule has 0 bridgehead atoms. The zero-order chi connectivity index (χ0) is 8.10. The zero-order valence-electron chi connectivity index (χ0n) is 6.71. The van der Waals surface area contributed by atoms with Crippen LogP contribution in [-0.2, 0) is 9.59 Å². The third-order valence-electron chi connectivity index (χ3n) is 2.31. The highest BCUT2D eigenvalue weighted by Crippen LogP contribution is 2.21. The monoisotopic (exact) mass is 154 g/mol. The Hall–Kier alpha value is -0.660. The van der Waals surface area contributed by atoms with Gasteiger partial charge in [-0.3, -0.25) is 4.79 Å². The van der Waals surface area contributed by atoms with Crippen molar-refractivity contribution in [2.75, 3.05) is 0 Å². The molecule has 0 aromatic carbocycles. The molecule has 0 spiro atoms. The molecule has 2 nitrogen and oxygen atoms in total. The molecule has 0 N–H and O–H groups in total. The first-order chi connectivity index (χ1) is 5.34. The van der Waals surface area contributed by atoms with E-state index in [9.17, 15) is 9.59 Å². The van der Waals surface area contributed by atoms with Crippen LogP contribution in [0.15, 0.2) is 0 Å². The number of ketones is 1. The van der Waals surface area contributed by atoms with Crippen molar-refractivity contribution >= 4 is 12.1 Å². The van der Waals surface area contributed by atoms with E-state index in [1.165, 1.54) is 0 Å². The van der Waals surface area contributed by atoms with Gasteiger partial charge in [0.1, 0.15) is 12.1 Å². The van der Waals surface area contributed by atoms with E-state index < -0.39 is 0 Å². The maximum atomic E-state index is 11.2. The molecule has 1 aliphatic carbocycles. The predicted octanol–water partition coefficient (Wildman–Crippen LogP) is 1.72. The Kier molecular flexibility index (Phi) is 3.27. The van der Waals surface area contributed by atoms with Crippen LogP contribution in [0.2, 0.25) is 0 Å². The molecule has 0 aliphatic heterocycles. The van der Waals surface area contributed by atoms with E-state index in [4.69, 9.17) is 0 Å². The SMILES string of the molecule is O=CCC1CCCCCC1=O. The summed E-state index contributed by atoms with van der Waals surface area (Å²) in [6.07, 6.45) is 6.22. The van der Waals surface area contributed by atoms with Crippen LogP contribution < -0.4 is 0 Å². The summed E-state index contributed by atoms with van der Waals surface area (Å²) in [4.78, 5) is 21.4. The van der Waals surface area contributed by atoms with Gasteiger partial charge in [-0.2, -0.15) is 0 Å². The normalized spacial score (nSPS) is 26.2. The summed E-state index contributed by atoms with van der Waals surface area (Å²) >= 11 is 0. The highest BCUT2D eigenvalue weighted by atomic mass is 16.1. The molecule has 62 valence electrons. The summed E-state index contributed by atoms with van der Waals surface area (Å²) in [6, 6.07) is 0. The predicted molar refractivity (Wildman–Crippen MR) is 42.3 cm³/mol. The summed E-state index contributed by atoms with van der Waals surface area (Å²) in [7, 11) is 0. The van der Waals surface area contributed by atoms with Crippen LogP contribution in [-0.4, -0.2) is 12.1 Å². The summed E-state index contributed by atoms with van der Waals surface area (Å²) in [6.45, 7) is 0. The largest absolute Gasteiger partial charge is 0.303 e. The smallest absolute Gasteiger partial charge is 0.136 e. The van der Waals surface area contributed by atoms with Crippen molar-refractivity contribution < 1.29 is 9.59 Å². The van der Waals surface area contributed by atoms with Crippen molar-refractivity contribution in [3.8, 4) is 0 Å². The Morgan fingerprint density at radius 1 is 1.36 bits per heavy atom. The summed E-state index contributed by atoms with van der Waals surface area (Å²) in [5.74, 6) is 0.351.